The first-order valence-corrected chi connectivity index (χ1v) is 8.88. The smallest absolute Gasteiger partial charge is 0.124 e. The molecule has 0 atom stereocenters. The van der Waals surface area contributed by atoms with E-state index in [1.54, 1.807) is 0 Å². The highest BCUT2D eigenvalue weighted by atomic mass is 35.5. The van der Waals surface area contributed by atoms with Gasteiger partial charge in [-0.15, -0.1) is 12.4 Å². The molecule has 0 fully saturated rings. The van der Waals surface area contributed by atoms with Crippen LogP contribution in [0.1, 0.15) is 16.7 Å². The molecule has 0 radical (unpaired) electrons. The van der Waals surface area contributed by atoms with Crippen LogP contribution in [0.5, 0.6) is 5.75 Å². The summed E-state index contributed by atoms with van der Waals surface area (Å²) < 4.78 is 5.98. The molecule has 0 aliphatic rings. The van der Waals surface area contributed by atoms with Gasteiger partial charge in [0.1, 0.15) is 12.4 Å². The van der Waals surface area contributed by atoms with Gasteiger partial charge >= 0.3 is 0 Å². The molecule has 0 saturated carbocycles. The van der Waals surface area contributed by atoms with Crippen molar-refractivity contribution in [1.29, 1.82) is 0 Å². The Morgan fingerprint density at radius 2 is 1.15 bits per heavy atom. The van der Waals surface area contributed by atoms with Crippen molar-refractivity contribution >= 4 is 35.6 Å². The normalized spacial score (nSPS) is 10.2. The molecule has 0 aromatic heterocycles. The van der Waals surface area contributed by atoms with Gasteiger partial charge in [-0.1, -0.05) is 77.8 Å². The molecule has 1 N–H and O–H groups in total. The second-order valence-corrected chi connectivity index (χ2v) is 6.50. The maximum atomic E-state index is 6.19. The van der Waals surface area contributed by atoms with Crippen molar-refractivity contribution in [3.05, 3.63) is 99.5 Å². The Labute approximate surface area is 170 Å². The summed E-state index contributed by atoms with van der Waals surface area (Å²) in [4.78, 5) is 0. The first-order chi connectivity index (χ1) is 12.2. The molecule has 3 aromatic carbocycles. The minimum absolute atomic E-state index is 0. The minimum Gasteiger partial charge on any atom is -0.489 e. The lowest BCUT2D eigenvalue weighted by atomic mass is 10.1. The third-order valence-electron chi connectivity index (χ3n) is 3.90. The van der Waals surface area contributed by atoms with E-state index >= 15 is 0 Å². The van der Waals surface area contributed by atoms with Gasteiger partial charge in [0.15, 0.2) is 0 Å². The Morgan fingerprint density at radius 1 is 0.654 bits per heavy atom. The van der Waals surface area contributed by atoms with Gasteiger partial charge < -0.3 is 10.1 Å². The predicted molar refractivity (Wildman–Crippen MR) is 111 cm³/mol. The molecule has 0 unspecified atom stereocenters. The minimum atomic E-state index is 0. The van der Waals surface area contributed by atoms with Crippen LogP contribution >= 0.6 is 35.6 Å². The third kappa shape index (κ3) is 5.65. The average Bonchev–Trinajstić information content (AvgIpc) is 2.64. The second kappa shape index (κ2) is 10.4. The standard InChI is InChI=1S/C21H19Cl2NO.ClH/c22-19-10-4-1-7-16(19)13-24-14-17-8-3-6-12-21(17)25-15-18-9-2-5-11-20(18)23;/h1-12,24H,13-15H2;1H. The lowest BCUT2D eigenvalue weighted by molar-refractivity contribution is 0.302. The van der Waals surface area contributed by atoms with E-state index in [1.165, 1.54) is 0 Å². The van der Waals surface area contributed by atoms with Crippen molar-refractivity contribution < 1.29 is 4.74 Å². The first-order valence-electron chi connectivity index (χ1n) is 8.12. The molecule has 0 aliphatic carbocycles. The highest BCUT2D eigenvalue weighted by Gasteiger charge is 2.06. The molecule has 0 saturated heterocycles. The zero-order valence-corrected chi connectivity index (χ0v) is 16.5. The van der Waals surface area contributed by atoms with Crippen LogP contribution in [0.15, 0.2) is 72.8 Å². The van der Waals surface area contributed by atoms with Crippen LogP contribution < -0.4 is 10.1 Å². The highest BCUT2D eigenvalue weighted by Crippen LogP contribution is 2.22. The lowest BCUT2D eigenvalue weighted by Crippen LogP contribution is -2.14. The number of ether oxygens (including phenoxy) is 1. The Morgan fingerprint density at radius 3 is 1.81 bits per heavy atom. The summed E-state index contributed by atoms with van der Waals surface area (Å²) in [5.41, 5.74) is 3.16. The van der Waals surface area contributed by atoms with Crippen molar-refractivity contribution in [2.75, 3.05) is 0 Å². The topological polar surface area (TPSA) is 21.3 Å². The molecule has 3 aromatic rings. The predicted octanol–water partition coefficient (Wildman–Crippen LogP) is 6.28. The fourth-order valence-electron chi connectivity index (χ4n) is 2.54. The fraction of sp³-hybridized carbons (Fsp3) is 0.143. The van der Waals surface area contributed by atoms with E-state index in [0.717, 1.165) is 32.5 Å². The summed E-state index contributed by atoms with van der Waals surface area (Å²) in [7, 11) is 0. The molecule has 0 spiro atoms. The summed E-state index contributed by atoms with van der Waals surface area (Å²) >= 11 is 12.4. The molecule has 3 rings (SSSR count). The van der Waals surface area contributed by atoms with Crippen LogP contribution in [-0.2, 0) is 19.7 Å². The number of hydrogen-bond donors (Lipinski definition) is 1. The molecule has 0 amide bonds. The summed E-state index contributed by atoms with van der Waals surface area (Å²) in [5, 5.41) is 4.91. The number of halogens is 3. The van der Waals surface area contributed by atoms with Gasteiger partial charge in [0.05, 0.1) is 0 Å². The second-order valence-electron chi connectivity index (χ2n) is 5.68. The zero-order valence-electron chi connectivity index (χ0n) is 14.1. The number of rotatable bonds is 7. The number of hydrogen-bond acceptors (Lipinski definition) is 2. The van der Waals surface area contributed by atoms with Gasteiger partial charge in [-0.25, -0.2) is 0 Å². The SMILES string of the molecule is Cl.Clc1ccccc1CNCc1ccccc1OCc1ccccc1Cl. The molecule has 136 valence electrons. The van der Waals surface area contributed by atoms with Gasteiger partial charge in [0.25, 0.3) is 0 Å². The summed E-state index contributed by atoms with van der Waals surface area (Å²) in [6, 6.07) is 23.6. The Hall–Kier alpha value is -1.71. The van der Waals surface area contributed by atoms with E-state index in [9.17, 15) is 0 Å². The Kier molecular flexibility index (Phi) is 8.27. The van der Waals surface area contributed by atoms with Crippen LogP contribution in [0.3, 0.4) is 0 Å². The Balaban J connectivity index is 0.00000243. The molecule has 5 heteroatoms. The van der Waals surface area contributed by atoms with Gasteiger partial charge in [-0.2, -0.15) is 0 Å². The van der Waals surface area contributed by atoms with Crippen molar-refractivity contribution in [1.82, 2.24) is 5.32 Å². The van der Waals surface area contributed by atoms with E-state index in [1.807, 2.05) is 66.7 Å². The maximum absolute atomic E-state index is 6.19. The van der Waals surface area contributed by atoms with Crippen molar-refractivity contribution in [2.24, 2.45) is 0 Å². The van der Waals surface area contributed by atoms with Crippen LogP contribution in [0.25, 0.3) is 0 Å². The van der Waals surface area contributed by atoms with Crippen molar-refractivity contribution in [2.45, 2.75) is 19.7 Å². The van der Waals surface area contributed by atoms with Gasteiger partial charge in [-0.3, -0.25) is 0 Å². The summed E-state index contributed by atoms with van der Waals surface area (Å²) in [6.07, 6.45) is 0. The highest BCUT2D eigenvalue weighted by molar-refractivity contribution is 6.31. The quantitative estimate of drug-likeness (QED) is 0.496. The first kappa shape index (κ1) is 20.6. The van der Waals surface area contributed by atoms with E-state index in [-0.39, 0.29) is 12.4 Å². The molecular weight excluding hydrogens is 389 g/mol. The fourth-order valence-corrected chi connectivity index (χ4v) is 2.93. The largest absolute Gasteiger partial charge is 0.489 e. The van der Waals surface area contributed by atoms with Crippen molar-refractivity contribution in [3.8, 4) is 5.75 Å². The number of para-hydroxylation sites is 1. The zero-order chi connectivity index (χ0) is 17.5. The van der Waals surface area contributed by atoms with Crippen LogP contribution in [0, 0.1) is 0 Å². The lowest BCUT2D eigenvalue weighted by Gasteiger charge is -2.13. The van der Waals surface area contributed by atoms with Crippen LogP contribution in [0.2, 0.25) is 10.0 Å². The van der Waals surface area contributed by atoms with E-state index in [0.29, 0.717) is 19.7 Å². The average molecular weight is 409 g/mol. The van der Waals surface area contributed by atoms with E-state index < -0.39 is 0 Å². The molecule has 26 heavy (non-hydrogen) atoms. The molecule has 0 bridgehead atoms. The van der Waals surface area contributed by atoms with E-state index in [2.05, 4.69) is 11.4 Å². The van der Waals surface area contributed by atoms with E-state index in [4.69, 9.17) is 27.9 Å². The Bertz CT molecular complexity index is 839. The van der Waals surface area contributed by atoms with Gasteiger partial charge in [0.2, 0.25) is 0 Å². The molecule has 2 nitrogen and oxygen atoms in total. The molecular formula is C21H20Cl3NO. The van der Waals surface area contributed by atoms with Crippen LogP contribution in [0.4, 0.5) is 0 Å². The molecule has 0 aliphatic heterocycles. The maximum Gasteiger partial charge on any atom is 0.124 e. The molecule has 0 heterocycles. The van der Waals surface area contributed by atoms with Gasteiger partial charge in [-0.05, 0) is 23.8 Å². The van der Waals surface area contributed by atoms with Gasteiger partial charge in [0, 0.05) is 34.3 Å². The summed E-state index contributed by atoms with van der Waals surface area (Å²) in [6.45, 7) is 1.85. The third-order valence-corrected chi connectivity index (χ3v) is 4.64. The van der Waals surface area contributed by atoms with Crippen LogP contribution in [-0.4, -0.2) is 0 Å². The summed E-state index contributed by atoms with van der Waals surface area (Å²) in [5.74, 6) is 0.856. The number of benzene rings is 3. The number of nitrogens with one attached hydrogen (secondary N) is 1. The van der Waals surface area contributed by atoms with Crippen molar-refractivity contribution in [3.63, 3.8) is 0 Å². The monoisotopic (exact) mass is 407 g/mol.